The molecule has 2 aromatic rings. The number of aromatic nitrogens is 3. The van der Waals surface area contributed by atoms with E-state index in [1.165, 1.54) is 5.56 Å². The maximum Gasteiger partial charge on any atom is 0.0999 e. The summed E-state index contributed by atoms with van der Waals surface area (Å²) in [6, 6.07) is 8.46. The maximum atomic E-state index is 5.75. The standard InChI is InChI=1S/C15H22N4/c1-4-12-5-7-13(8-6-12)19-15(9-11(2)3)14(10-16)17-18-19/h5-8,11H,4,9-10,16H2,1-3H3. The fourth-order valence-corrected chi connectivity index (χ4v) is 2.16. The summed E-state index contributed by atoms with van der Waals surface area (Å²) in [7, 11) is 0. The molecule has 0 aliphatic heterocycles. The van der Waals surface area contributed by atoms with E-state index in [-0.39, 0.29) is 0 Å². The summed E-state index contributed by atoms with van der Waals surface area (Å²) in [4.78, 5) is 0. The topological polar surface area (TPSA) is 56.7 Å². The van der Waals surface area contributed by atoms with E-state index in [1.807, 2.05) is 4.68 Å². The lowest BCUT2D eigenvalue weighted by molar-refractivity contribution is 0.611. The predicted molar refractivity (Wildman–Crippen MR) is 77.2 cm³/mol. The van der Waals surface area contributed by atoms with E-state index in [4.69, 9.17) is 5.73 Å². The monoisotopic (exact) mass is 258 g/mol. The highest BCUT2D eigenvalue weighted by atomic mass is 15.4. The van der Waals surface area contributed by atoms with Gasteiger partial charge in [-0.25, -0.2) is 4.68 Å². The highest BCUT2D eigenvalue weighted by Crippen LogP contribution is 2.17. The summed E-state index contributed by atoms with van der Waals surface area (Å²) in [5, 5.41) is 8.45. The molecular formula is C15H22N4. The van der Waals surface area contributed by atoms with E-state index < -0.39 is 0 Å². The van der Waals surface area contributed by atoms with Crippen LogP contribution < -0.4 is 5.73 Å². The van der Waals surface area contributed by atoms with Crippen LogP contribution in [0, 0.1) is 5.92 Å². The van der Waals surface area contributed by atoms with Gasteiger partial charge in [0.2, 0.25) is 0 Å². The van der Waals surface area contributed by atoms with E-state index in [0.717, 1.165) is 29.9 Å². The van der Waals surface area contributed by atoms with Crippen molar-refractivity contribution in [3.63, 3.8) is 0 Å². The highest BCUT2D eigenvalue weighted by molar-refractivity contribution is 5.36. The van der Waals surface area contributed by atoms with E-state index in [9.17, 15) is 0 Å². The number of hydrogen-bond acceptors (Lipinski definition) is 3. The van der Waals surface area contributed by atoms with Crippen molar-refractivity contribution >= 4 is 0 Å². The van der Waals surface area contributed by atoms with Crippen molar-refractivity contribution in [2.24, 2.45) is 11.7 Å². The van der Waals surface area contributed by atoms with Crippen LogP contribution in [0.15, 0.2) is 24.3 Å². The quantitative estimate of drug-likeness (QED) is 0.896. The molecule has 1 heterocycles. The number of hydrogen-bond donors (Lipinski definition) is 1. The Labute approximate surface area is 114 Å². The third kappa shape index (κ3) is 3.01. The summed E-state index contributed by atoms with van der Waals surface area (Å²) in [5.74, 6) is 0.553. The SMILES string of the molecule is CCc1ccc(-n2nnc(CN)c2CC(C)C)cc1. The predicted octanol–water partition coefficient (Wildman–Crippen LogP) is 2.49. The Morgan fingerprint density at radius 2 is 1.89 bits per heavy atom. The van der Waals surface area contributed by atoms with Gasteiger partial charge in [0.1, 0.15) is 0 Å². The molecule has 0 aliphatic carbocycles. The maximum absolute atomic E-state index is 5.75. The third-order valence-electron chi connectivity index (χ3n) is 3.23. The smallest absolute Gasteiger partial charge is 0.0999 e. The zero-order valence-corrected chi connectivity index (χ0v) is 11.9. The zero-order chi connectivity index (χ0) is 13.8. The van der Waals surface area contributed by atoms with E-state index >= 15 is 0 Å². The number of benzene rings is 1. The summed E-state index contributed by atoms with van der Waals surface area (Å²) in [5.41, 5.74) is 10.2. The van der Waals surface area contributed by atoms with Crippen molar-refractivity contribution in [3.05, 3.63) is 41.2 Å². The zero-order valence-electron chi connectivity index (χ0n) is 11.9. The minimum Gasteiger partial charge on any atom is -0.325 e. The number of nitrogens with zero attached hydrogens (tertiary/aromatic N) is 3. The fraction of sp³-hybridized carbons (Fsp3) is 0.467. The van der Waals surface area contributed by atoms with E-state index in [2.05, 4.69) is 55.3 Å². The lowest BCUT2D eigenvalue weighted by Crippen LogP contribution is -2.09. The summed E-state index contributed by atoms with van der Waals surface area (Å²) < 4.78 is 1.92. The minimum absolute atomic E-state index is 0.440. The average Bonchev–Trinajstić information content (AvgIpc) is 2.81. The van der Waals surface area contributed by atoms with Crippen LogP contribution in [-0.4, -0.2) is 15.0 Å². The normalized spacial score (nSPS) is 11.2. The molecule has 1 aromatic carbocycles. The van der Waals surface area contributed by atoms with Crippen LogP contribution in [0.1, 0.15) is 37.7 Å². The second-order valence-electron chi connectivity index (χ2n) is 5.22. The Bertz CT molecular complexity index is 526. The van der Waals surface area contributed by atoms with Gasteiger partial charge in [0.15, 0.2) is 0 Å². The first-order valence-corrected chi connectivity index (χ1v) is 6.88. The molecule has 0 bridgehead atoms. The van der Waals surface area contributed by atoms with E-state index in [1.54, 1.807) is 0 Å². The lowest BCUT2D eigenvalue weighted by atomic mass is 10.1. The first-order chi connectivity index (χ1) is 9.15. The molecule has 4 nitrogen and oxygen atoms in total. The van der Waals surface area contributed by atoms with Gasteiger partial charge in [0, 0.05) is 6.54 Å². The van der Waals surface area contributed by atoms with Crippen molar-refractivity contribution in [1.29, 1.82) is 0 Å². The lowest BCUT2D eigenvalue weighted by Gasteiger charge is -2.10. The Hall–Kier alpha value is -1.68. The summed E-state index contributed by atoms with van der Waals surface area (Å²) >= 11 is 0. The van der Waals surface area contributed by atoms with Crippen molar-refractivity contribution in [2.75, 3.05) is 0 Å². The highest BCUT2D eigenvalue weighted by Gasteiger charge is 2.14. The molecule has 0 fully saturated rings. The molecular weight excluding hydrogens is 236 g/mol. The third-order valence-corrected chi connectivity index (χ3v) is 3.23. The fourth-order valence-electron chi connectivity index (χ4n) is 2.16. The molecule has 0 unspecified atom stereocenters. The number of aryl methyl sites for hydroxylation is 1. The number of rotatable bonds is 5. The van der Waals surface area contributed by atoms with Gasteiger partial charge < -0.3 is 5.73 Å². The summed E-state index contributed by atoms with van der Waals surface area (Å²) in [6.07, 6.45) is 1.99. The van der Waals surface area contributed by atoms with Gasteiger partial charge in [-0.1, -0.05) is 38.1 Å². The van der Waals surface area contributed by atoms with Crippen LogP contribution in [0.3, 0.4) is 0 Å². The van der Waals surface area contributed by atoms with Gasteiger partial charge in [-0.2, -0.15) is 0 Å². The molecule has 0 amide bonds. The molecule has 102 valence electrons. The second kappa shape index (κ2) is 5.97. The molecule has 0 spiro atoms. The molecule has 0 aliphatic rings. The molecule has 19 heavy (non-hydrogen) atoms. The Kier molecular flexibility index (Phi) is 4.32. The van der Waals surface area contributed by atoms with Crippen LogP contribution in [0.5, 0.6) is 0 Å². The Morgan fingerprint density at radius 3 is 2.42 bits per heavy atom. The molecule has 0 saturated carbocycles. The van der Waals surface area contributed by atoms with Crippen molar-refractivity contribution in [2.45, 2.75) is 40.2 Å². The van der Waals surface area contributed by atoms with Crippen molar-refractivity contribution < 1.29 is 0 Å². The van der Waals surface area contributed by atoms with Crippen LogP contribution in [0.2, 0.25) is 0 Å². The van der Waals surface area contributed by atoms with Crippen LogP contribution in [0.25, 0.3) is 5.69 Å². The minimum atomic E-state index is 0.440. The van der Waals surface area contributed by atoms with Gasteiger partial charge in [-0.3, -0.25) is 0 Å². The van der Waals surface area contributed by atoms with Gasteiger partial charge in [-0.05, 0) is 36.5 Å². The Morgan fingerprint density at radius 1 is 1.21 bits per heavy atom. The molecule has 2 rings (SSSR count). The number of nitrogens with two attached hydrogens (primary N) is 1. The van der Waals surface area contributed by atoms with Crippen LogP contribution in [-0.2, 0) is 19.4 Å². The summed E-state index contributed by atoms with van der Waals surface area (Å²) in [6.45, 7) is 6.98. The first kappa shape index (κ1) is 13.7. The molecule has 4 heteroatoms. The van der Waals surface area contributed by atoms with Gasteiger partial charge in [-0.15, -0.1) is 5.10 Å². The van der Waals surface area contributed by atoms with Crippen molar-refractivity contribution in [1.82, 2.24) is 15.0 Å². The molecule has 2 N–H and O–H groups in total. The molecule has 1 aromatic heterocycles. The molecule has 0 radical (unpaired) electrons. The largest absolute Gasteiger partial charge is 0.325 e. The van der Waals surface area contributed by atoms with Crippen LogP contribution >= 0.6 is 0 Å². The first-order valence-electron chi connectivity index (χ1n) is 6.88. The molecule has 0 saturated heterocycles. The van der Waals surface area contributed by atoms with Crippen LogP contribution in [0.4, 0.5) is 0 Å². The average molecular weight is 258 g/mol. The van der Waals surface area contributed by atoms with Crippen molar-refractivity contribution in [3.8, 4) is 5.69 Å². The molecule has 0 atom stereocenters. The van der Waals surface area contributed by atoms with Gasteiger partial charge >= 0.3 is 0 Å². The van der Waals surface area contributed by atoms with Gasteiger partial charge in [0.05, 0.1) is 17.1 Å². The van der Waals surface area contributed by atoms with E-state index in [0.29, 0.717) is 12.5 Å². The van der Waals surface area contributed by atoms with Gasteiger partial charge in [0.25, 0.3) is 0 Å². The Balaban J connectivity index is 2.39. The second-order valence-corrected chi connectivity index (χ2v) is 5.22.